The van der Waals surface area contributed by atoms with E-state index in [0.29, 0.717) is 74.7 Å². The standard InChI is InChI=1S/C73H116N12O17S/c1-14-47(8)63(57(100-12)42-59(87)85-38-22-26-56(85)64(101-13)48(9)65(88)78-55(41-49-23-17-15-18-24-49)67(90)81-103(98,99)53-32-33-53)82(10)70(93)61(45(4)5)80-69(92)62(46(6)7)83(11)73(97)102-43-50-28-30-52(31-29-50)76-66(89)54(25-21-36-75-72(74)96)77-68(91)60(44(2)3)79-58(86)27-19-16-20-37-84-39-34-51(35-40-84)71(94)95/h15,17-18,23-24,28-31,44-48,51,53-57,60-64H,14,16,19-22,25-27,32-43H2,1-13H3,(H,76,89)(H,77,91)(H,78,88)(H,79,86)(H,80,92)(H,81,90)(H,94,95)(H3,74,75,96)/t47-,48+,54?,55-,56-,57+,60-,61-,62-,63-,64+/m0/s1. The highest BCUT2D eigenvalue weighted by Gasteiger charge is 2.45. The zero-order chi connectivity index (χ0) is 76.4. The smallest absolute Gasteiger partial charge is 0.410 e. The third kappa shape index (κ3) is 26.3. The predicted octanol–water partition coefficient (Wildman–Crippen LogP) is 5.05. The summed E-state index contributed by atoms with van der Waals surface area (Å²) in [6, 6.07) is 7.77. The van der Waals surface area contributed by atoms with Crippen molar-refractivity contribution in [3.05, 3.63) is 65.7 Å². The summed E-state index contributed by atoms with van der Waals surface area (Å²) in [6.45, 7) is 18.6. The van der Waals surface area contributed by atoms with Gasteiger partial charge in [-0.1, -0.05) is 118 Å². The maximum Gasteiger partial charge on any atom is 0.410 e. The largest absolute Gasteiger partial charge is 0.481 e. The maximum atomic E-state index is 14.9. The number of anilines is 1. The van der Waals surface area contributed by atoms with Gasteiger partial charge in [0, 0.05) is 59.9 Å². The number of nitrogens with zero attached hydrogens (tertiary/aromatic N) is 4. The Labute approximate surface area is 608 Å². The van der Waals surface area contributed by atoms with Crippen molar-refractivity contribution >= 4 is 81.1 Å². The van der Waals surface area contributed by atoms with E-state index in [4.69, 9.17) is 19.9 Å². The van der Waals surface area contributed by atoms with Crippen LogP contribution < -0.4 is 42.4 Å². The molecule has 11 atom stereocenters. The van der Waals surface area contributed by atoms with Crippen molar-refractivity contribution in [1.82, 2.24) is 50.9 Å². The molecule has 2 heterocycles. The molecule has 0 spiro atoms. The summed E-state index contributed by atoms with van der Waals surface area (Å²) in [5.41, 5.74) is 6.83. The first-order valence-electron chi connectivity index (χ1n) is 36.4. The summed E-state index contributed by atoms with van der Waals surface area (Å²) < 4.78 is 45.7. The van der Waals surface area contributed by atoms with Crippen LogP contribution in [0, 0.1) is 35.5 Å². The van der Waals surface area contributed by atoms with Crippen molar-refractivity contribution in [2.75, 3.05) is 66.4 Å². The molecule has 0 aromatic heterocycles. The minimum Gasteiger partial charge on any atom is -0.481 e. The second-order valence-corrected chi connectivity index (χ2v) is 30.8. The van der Waals surface area contributed by atoms with Crippen LogP contribution in [0.15, 0.2) is 54.6 Å². The second-order valence-electron chi connectivity index (χ2n) is 28.9. The Balaban J connectivity index is 1.18. The molecule has 2 aromatic rings. The highest BCUT2D eigenvalue weighted by molar-refractivity contribution is 7.91. The Kier molecular flexibility index (Phi) is 34.5. The number of carboxylic acid groups (broad SMARTS) is 1. The number of methoxy groups -OCH3 is 2. The number of carbonyl (C=O) groups is 11. The highest BCUT2D eigenvalue weighted by atomic mass is 32.2. The third-order valence-electron chi connectivity index (χ3n) is 20.0. The molecule has 2 saturated heterocycles. The number of carboxylic acids is 1. The number of hydrogen-bond acceptors (Lipinski definition) is 17. The van der Waals surface area contributed by atoms with Gasteiger partial charge in [-0.05, 0) is 131 Å². The molecule has 2 aliphatic heterocycles. The van der Waals surface area contributed by atoms with Crippen LogP contribution in [-0.2, 0) is 80.4 Å². The molecule has 30 heteroatoms. The number of carbonyl (C=O) groups excluding carboxylic acids is 10. The molecule has 576 valence electrons. The number of likely N-dealkylation sites (N-methyl/N-ethyl adjacent to an activating group) is 2. The molecule has 1 unspecified atom stereocenters. The van der Waals surface area contributed by atoms with Gasteiger partial charge in [0.05, 0.1) is 47.8 Å². The SMILES string of the molecule is CC[C@H](C)[C@@H]([C@@H](CC(=O)N1CCC[C@H]1[C@H](OC)[C@@H](C)C(=O)N[C@@H](Cc1ccccc1)C(=O)NS(=O)(=O)C1CC1)OC)N(C)C(=O)[C@@H](NC(=O)[C@H](C(C)C)N(C)C(=O)OCc1ccc(NC(=O)C(CCCNC(N)=O)NC(=O)[C@@H](NC(=O)CCCCCN2CCC(C(=O)O)CC2)C(C)C)cc1)C(C)C. The van der Waals surface area contributed by atoms with E-state index in [1.165, 1.54) is 26.2 Å². The summed E-state index contributed by atoms with van der Waals surface area (Å²) in [6.07, 6.45) is 3.86. The second kappa shape index (κ2) is 41.5. The first kappa shape index (κ1) is 85.7. The molecule has 29 nitrogen and oxygen atoms in total. The first-order valence-corrected chi connectivity index (χ1v) is 38.0. The zero-order valence-electron chi connectivity index (χ0n) is 62.5. The Morgan fingerprint density at radius 3 is 1.88 bits per heavy atom. The molecule has 3 aliphatic rings. The molecule has 103 heavy (non-hydrogen) atoms. The number of benzene rings is 2. The van der Waals surface area contributed by atoms with Crippen LogP contribution in [0.4, 0.5) is 15.3 Å². The van der Waals surface area contributed by atoms with Gasteiger partial charge in [0.25, 0.3) is 5.91 Å². The number of sulfonamides is 1. The number of hydrogen-bond donors (Lipinski definition) is 9. The lowest BCUT2D eigenvalue weighted by Crippen LogP contribution is -2.60. The summed E-state index contributed by atoms with van der Waals surface area (Å²) >= 11 is 0. The van der Waals surface area contributed by atoms with E-state index in [1.807, 2.05) is 13.8 Å². The van der Waals surface area contributed by atoms with Gasteiger partial charge in [-0.3, -0.25) is 52.8 Å². The van der Waals surface area contributed by atoms with E-state index < -0.39 is 141 Å². The van der Waals surface area contributed by atoms with E-state index in [2.05, 4.69) is 41.5 Å². The normalized spacial score (nSPS) is 18.0. The number of piperidine rings is 1. The number of unbranched alkanes of at least 4 members (excludes halogenated alkanes) is 2. The number of ether oxygens (including phenoxy) is 3. The maximum absolute atomic E-state index is 14.9. The molecule has 0 radical (unpaired) electrons. The minimum atomic E-state index is -3.93. The van der Waals surface area contributed by atoms with Gasteiger partial charge in [0.1, 0.15) is 36.8 Å². The van der Waals surface area contributed by atoms with Crippen LogP contribution in [0.1, 0.15) is 163 Å². The zero-order valence-corrected chi connectivity index (χ0v) is 63.4. The number of likely N-dealkylation sites (tertiary alicyclic amines) is 2. The van der Waals surface area contributed by atoms with E-state index in [-0.39, 0.29) is 74.8 Å². The van der Waals surface area contributed by atoms with Crippen molar-refractivity contribution in [3.8, 4) is 0 Å². The highest BCUT2D eigenvalue weighted by Crippen LogP contribution is 2.31. The van der Waals surface area contributed by atoms with E-state index in [9.17, 15) is 66.3 Å². The third-order valence-corrected chi connectivity index (χ3v) is 21.8. The number of nitrogens with one attached hydrogen (secondary N) is 7. The molecule has 1 saturated carbocycles. The predicted molar refractivity (Wildman–Crippen MR) is 387 cm³/mol. The Hall–Kier alpha value is -7.96. The number of amides is 11. The average molecular weight is 1470 g/mol. The Bertz CT molecular complexity index is 3260. The topological polar surface area (TPSA) is 393 Å². The number of rotatable bonds is 42. The summed E-state index contributed by atoms with van der Waals surface area (Å²) in [5.74, 6) is -7.74. The van der Waals surface area contributed by atoms with Crippen molar-refractivity contribution < 1.29 is 80.5 Å². The average Bonchev–Trinajstić information content (AvgIpc) is 1.47. The van der Waals surface area contributed by atoms with Crippen molar-refractivity contribution in [3.63, 3.8) is 0 Å². The van der Waals surface area contributed by atoms with Crippen molar-refractivity contribution in [2.45, 2.75) is 225 Å². The first-order chi connectivity index (χ1) is 48.7. The molecule has 1 aliphatic carbocycles. The van der Waals surface area contributed by atoms with Crippen LogP contribution in [-0.4, -0.2) is 219 Å². The lowest BCUT2D eigenvalue weighted by Gasteiger charge is -2.41. The summed E-state index contributed by atoms with van der Waals surface area (Å²) in [5, 5.41) is 25.3. The van der Waals surface area contributed by atoms with E-state index in [0.717, 1.165) is 37.4 Å². The lowest BCUT2D eigenvalue weighted by atomic mass is 9.89. The van der Waals surface area contributed by atoms with Crippen molar-refractivity contribution in [1.29, 1.82) is 0 Å². The number of primary amides is 1. The fourth-order valence-corrected chi connectivity index (χ4v) is 14.9. The van der Waals surface area contributed by atoms with Gasteiger partial charge in [-0.15, -0.1) is 0 Å². The molecule has 5 rings (SSSR count). The lowest BCUT2D eigenvalue weighted by molar-refractivity contribution is -0.148. The fraction of sp³-hybridized carbons (Fsp3) is 0.685. The number of nitrogens with two attached hydrogens (primary N) is 1. The summed E-state index contributed by atoms with van der Waals surface area (Å²) in [4.78, 5) is 156. The Morgan fingerprint density at radius 1 is 0.670 bits per heavy atom. The van der Waals surface area contributed by atoms with E-state index >= 15 is 0 Å². The molecular weight excluding hydrogens is 1350 g/mol. The van der Waals surface area contributed by atoms with Crippen LogP contribution in [0.5, 0.6) is 0 Å². The van der Waals surface area contributed by atoms with Crippen LogP contribution >= 0.6 is 0 Å². The molecule has 0 bridgehead atoms. The minimum absolute atomic E-state index is 0.0184. The van der Waals surface area contributed by atoms with Gasteiger partial charge in [0.15, 0.2) is 0 Å². The monoisotopic (exact) mass is 1460 g/mol. The molecule has 10 N–H and O–H groups in total. The van der Waals surface area contributed by atoms with E-state index in [1.54, 1.807) is 115 Å². The van der Waals surface area contributed by atoms with Gasteiger partial charge >= 0.3 is 18.1 Å². The number of aliphatic carboxylic acids is 1. The molecular formula is C73H116N12O17S. The fourth-order valence-electron chi connectivity index (χ4n) is 13.5. The Morgan fingerprint density at radius 2 is 1.31 bits per heavy atom. The summed E-state index contributed by atoms with van der Waals surface area (Å²) in [7, 11) is 2.01. The molecule has 11 amide bonds. The van der Waals surface area contributed by atoms with Crippen LogP contribution in [0.25, 0.3) is 0 Å². The van der Waals surface area contributed by atoms with Gasteiger partial charge in [-0.25, -0.2) is 18.0 Å². The molecule has 3 fully saturated rings. The number of urea groups is 1. The quantitative estimate of drug-likeness (QED) is 0.0393. The van der Waals surface area contributed by atoms with Crippen LogP contribution in [0.2, 0.25) is 0 Å². The van der Waals surface area contributed by atoms with Crippen LogP contribution in [0.3, 0.4) is 0 Å². The van der Waals surface area contributed by atoms with Gasteiger partial charge in [-0.2, -0.15) is 0 Å². The molecule has 2 aromatic carbocycles. The van der Waals surface area contributed by atoms with Gasteiger partial charge in [0.2, 0.25) is 51.4 Å². The van der Waals surface area contributed by atoms with Gasteiger partial charge < -0.3 is 71.7 Å². The van der Waals surface area contributed by atoms with Crippen molar-refractivity contribution in [2.24, 2.45) is 41.2 Å².